The quantitative estimate of drug-likeness (QED) is 0.241. The van der Waals surface area contributed by atoms with Crippen molar-refractivity contribution >= 4 is 33.2 Å². The maximum absolute atomic E-state index is 11.7. The van der Waals surface area contributed by atoms with Gasteiger partial charge in [-0.15, -0.1) is 0 Å². The van der Waals surface area contributed by atoms with Gasteiger partial charge in [0.1, 0.15) is 5.71 Å². The molecule has 0 unspecified atom stereocenters. The van der Waals surface area contributed by atoms with Crippen LogP contribution in [0.5, 0.6) is 0 Å². The summed E-state index contributed by atoms with van der Waals surface area (Å²) in [6.07, 6.45) is 2.63. The fourth-order valence-corrected chi connectivity index (χ4v) is 2.62. The lowest BCUT2D eigenvalue weighted by atomic mass is 10.3. The molecule has 0 radical (unpaired) electrons. The Morgan fingerprint density at radius 2 is 2.16 bits per heavy atom. The van der Waals surface area contributed by atoms with Crippen molar-refractivity contribution in [2.45, 2.75) is 6.92 Å². The highest BCUT2D eigenvalue weighted by atomic mass is 33.1. The third-order valence-corrected chi connectivity index (χ3v) is 4.18. The van der Waals surface area contributed by atoms with E-state index in [2.05, 4.69) is 16.9 Å². The molecule has 108 valence electrons. The Morgan fingerprint density at radius 1 is 1.47 bits per heavy atom. The van der Waals surface area contributed by atoms with Gasteiger partial charge >= 0.3 is 0 Å². The van der Waals surface area contributed by atoms with Gasteiger partial charge < -0.3 is 21.7 Å². The summed E-state index contributed by atoms with van der Waals surface area (Å²) in [5.41, 5.74) is 7.53. The standard InChI is InChI=1S/C11H19N4O2S2/c1-3-10(14-8-9(2)15-17)11(16)13-5-7-19-18-6-4-12/h3,8,15H,1,4-7,12H2,2H3,(H,13,16)/q-1/b9-8-,14-10?. The zero-order chi connectivity index (χ0) is 14.5. The van der Waals surface area contributed by atoms with Crippen LogP contribution in [-0.4, -0.2) is 36.2 Å². The first-order valence-corrected chi connectivity index (χ1v) is 8.12. The molecule has 0 bridgehead atoms. The van der Waals surface area contributed by atoms with Crippen molar-refractivity contribution in [2.75, 3.05) is 24.6 Å². The van der Waals surface area contributed by atoms with Crippen LogP contribution in [0.2, 0.25) is 0 Å². The number of hydrogen-bond acceptors (Lipinski definition) is 7. The Balaban J connectivity index is 4.05. The highest BCUT2D eigenvalue weighted by Crippen LogP contribution is 2.18. The Bertz CT molecular complexity index is 346. The number of amides is 1. The number of carbonyl (C=O) groups is 1. The van der Waals surface area contributed by atoms with Gasteiger partial charge in [-0.2, -0.15) is 0 Å². The number of carbonyl (C=O) groups excluding carboxylic acids is 1. The first-order chi connectivity index (χ1) is 9.15. The van der Waals surface area contributed by atoms with Crippen molar-refractivity contribution in [3.05, 3.63) is 29.8 Å². The predicted molar refractivity (Wildman–Crippen MR) is 84.9 cm³/mol. The van der Waals surface area contributed by atoms with Gasteiger partial charge in [0.05, 0.1) is 0 Å². The highest BCUT2D eigenvalue weighted by Gasteiger charge is 2.05. The lowest BCUT2D eigenvalue weighted by molar-refractivity contribution is -0.114. The van der Waals surface area contributed by atoms with Gasteiger partial charge in [0.15, 0.2) is 0 Å². The maximum Gasteiger partial charge on any atom is 0.269 e. The molecule has 0 rings (SSSR count). The molecule has 0 saturated carbocycles. The Hall–Kier alpha value is -0.960. The van der Waals surface area contributed by atoms with E-state index in [9.17, 15) is 10.0 Å². The topological polar surface area (TPSA) is 103 Å². The molecule has 19 heavy (non-hydrogen) atoms. The molecule has 4 N–H and O–H groups in total. The van der Waals surface area contributed by atoms with Crippen molar-refractivity contribution in [3.8, 4) is 0 Å². The minimum atomic E-state index is -0.311. The molecule has 0 spiro atoms. The van der Waals surface area contributed by atoms with Gasteiger partial charge in [-0.1, -0.05) is 28.2 Å². The van der Waals surface area contributed by atoms with Crippen molar-refractivity contribution in [2.24, 2.45) is 10.7 Å². The summed E-state index contributed by atoms with van der Waals surface area (Å²) < 4.78 is 0. The van der Waals surface area contributed by atoms with Crippen LogP contribution < -0.4 is 16.5 Å². The van der Waals surface area contributed by atoms with Crippen LogP contribution in [0.1, 0.15) is 6.92 Å². The molecular formula is C11H19N4O2S2-. The van der Waals surface area contributed by atoms with Crippen molar-refractivity contribution in [1.29, 1.82) is 0 Å². The van der Waals surface area contributed by atoms with E-state index in [1.807, 2.05) is 0 Å². The summed E-state index contributed by atoms with van der Waals surface area (Å²) in [5, 5.41) is 13.0. The molecule has 0 aliphatic heterocycles. The average molecular weight is 303 g/mol. The van der Waals surface area contributed by atoms with E-state index in [0.29, 0.717) is 18.8 Å². The first kappa shape index (κ1) is 18.0. The number of hydrogen-bond donors (Lipinski definition) is 3. The molecule has 0 saturated heterocycles. The minimum Gasteiger partial charge on any atom is -0.761 e. The number of hydroxylamine groups is 1. The summed E-state index contributed by atoms with van der Waals surface area (Å²) in [5.74, 6) is 1.37. The van der Waals surface area contributed by atoms with E-state index in [-0.39, 0.29) is 11.6 Å². The second kappa shape index (κ2) is 12.1. The fourth-order valence-electron chi connectivity index (χ4n) is 0.860. The molecule has 8 heteroatoms. The van der Waals surface area contributed by atoms with Crippen LogP contribution in [0, 0.1) is 5.21 Å². The minimum absolute atomic E-state index is 0.175. The molecule has 6 nitrogen and oxygen atoms in total. The van der Waals surface area contributed by atoms with Crippen molar-refractivity contribution in [3.63, 3.8) is 0 Å². The Morgan fingerprint density at radius 3 is 2.74 bits per heavy atom. The van der Waals surface area contributed by atoms with Crippen LogP contribution in [0.25, 0.3) is 0 Å². The summed E-state index contributed by atoms with van der Waals surface area (Å²) in [7, 11) is 3.33. The Labute approximate surface area is 121 Å². The van der Waals surface area contributed by atoms with E-state index in [1.165, 1.54) is 12.3 Å². The Kier molecular flexibility index (Phi) is 11.5. The number of nitrogens with two attached hydrogens (primary N) is 1. The van der Waals surface area contributed by atoms with Crippen LogP contribution >= 0.6 is 21.6 Å². The molecule has 0 aromatic carbocycles. The summed E-state index contributed by atoms with van der Waals surface area (Å²) in [4.78, 5) is 15.6. The molecular weight excluding hydrogens is 284 g/mol. The first-order valence-electron chi connectivity index (χ1n) is 5.63. The lowest BCUT2D eigenvalue weighted by Gasteiger charge is -2.07. The SMILES string of the molecule is C=CC(=N/C=C(/C)N[O-])C(=O)NCCSSCCN. The molecule has 0 fully saturated rings. The summed E-state index contributed by atoms with van der Waals surface area (Å²) in [6, 6.07) is 0. The molecule has 0 atom stereocenters. The lowest BCUT2D eigenvalue weighted by Crippen LogP contribution is -2.31. The molecule has 0 aromatic rings. The second-order valence-corrected chi connectivity index (χ2v) is 6.02. The van der Waals surface area contributed by atoms with Crippen LogP contribution in [0.15, 0.2) is 29.5 Å². The van der Waals surface area contributed by atoms with Gasteiger partial charge in [0, 0.05) is 36.5 Å². The molecule has 0 aliphatic carbocycles. The number of nitrogens with zero attached hydrogens (tertiary/aromatic N) is 1. The molecule has 0 aromatic heterocycles. The van der Waals surface area contributed by atoms with E-state index in [4.69, 9.17) is 5.73 Å². The van der Waals surface area contributed by atoms with E-state index >= 15 is 0 Å². The zero-order valence-electron chi connectivity index (χ0n) is 10.8. The predicted octanol–water partition coefficient (Wildman–Crippen LogP) is 1.02. The maximum atomic E-state index is 11.7. The van der Waals surface area contributed by atoms with Crippen molar-refractivity contribution in [1.82, 2.24) is 10.8 Å². The third kappa shape index (κ3) is 9.60. The zero-order valence-corrected chi connectivity index (χ0v) is 12.5. The normalized spacial score (nSPS) is 12.2. The highest BCUT2D eigenvalue weighted by molar-refractivity contribution is 8.76. The van der Waals surface area contributed by atoms with Crippen molar-refractivity contribution < 1.29 is 4.79 Å². The van der Waals surface area contributed by atoms with Gasteiger partial charge in [-0.05, 0) is 13.0 Å². The average Bonchev–Trinajstić information content (AvgIpc) is 2.42. The number of allylic oxidation sites excluding steroid dienone is 1. The molecule has 0 heterocycles. The number of rotatable bonds is 10. The van der Waals surface area contributed by atoms with Gasteiger partial charge in [-0.3, -0.25) is 4.79 Å². The van der Waals surface area contributed by atoms with Crippen LogP contribution in [0.3, 0.4) is 0 Å². The van der Waals surface area contributed by atoms with E-state index in [0.717, 1.165) is 11.5 Å². The number of nitrogens with one attached hydrogen (secondary N) is 2. The smallest absolute Gasteiger partial charge is 0.269 e. The van der Waals surface area contributed by atoms with Gasteiger partial charge in [0.25, 0.3) is 5.91 Å². The third-order valence-electron chi connectivity index (χ3n) is 1.74. The largest absolute Gasteiger partial charge is 0.761 e. The molecule has 0 aliphatic rings. The van der Waals surface area contributed by atoms with Crippen LogP contribution in [0.4, 0.5) is 0 Å². The second-order valence-electron chi connectivity index (χ2n) is 3.32. The van der Waals surface area contributed by atoms with Gasteiger partial charge in [-0.25, -0.2) is 4.99 Å². The summed E-state index contributed by atoms with van der Waals surface area (Å²) >= 11 is 0. The van der Waals surface area contributed by atoms with E-state index in [1.54, 1.807) is 34.0 Å². The molecule has 1 amide bonds. The fraction of sp³-hybridized carbons (Fsp3) is 0.455. The number of aliphatic imine (C=N–C) groups is 1. The van der Waals surface area contributed by atoms with Gasteiger partial charge in [0.2, 0.25) is 0 Å². The van der Waals surface area contributed by atoms with Crippen LogP contribution in [-0.2, 0) is 4.79 Å². The van der Waals surface area contributed by atoms with E-state index < -0.39 is 0 Å². The monoisotopic (exact) mass is 303 g/mol. The summed E-state index contributed by atoms with van der Waals surface area (Å²) in [6.45, 7) is 6.26.